The van der Waals surface area contributed by atoms with Crippen molar-refractivity contribution >= 4 is 5.97 Å². The van der Waals surface area contributed by atoms with Gasteiger partial charge in [-0.05, 0) is 17.7 Å². The summed E-state index contributed by atoms with van der Waals surface area (Å²) in [4.78, 5) is 16.2. The van der Waals surface area contributed by atoms with Crippen molar-refractivity contribution in [3.05, 3.63) is 41.3 Å². The maximum absolute atomic E-state index is 12.1. The lowest BCUT2D eigenvalue weighted by molar-refractivity contribution is -0.274. The normalized spacial score (nSPS) is 19.5. The van der Waals surface area contributed by atoms with Gasteiger partial charge in [-0.25, -0.2) is 4.79 Å². The number of ether oxygens (including phenoxy) is 1. The smallest absolute Gasteiger partial charge is 0.478 e. The van der Waals surface area contributed by atoms with Crippen LogP contribution in [-0.2, 0) is 9.63 Å². The molecule has 0 fully saturated rings. The van der Waals surface area contributed by atoms with E-state index in [0.717, 1.165) is 12.1 Å². The molecule has 0 spiro atoms. The minimum Gasteiger partial charge on any atom is -0.478 e. The quantitative estimate of drug-likeness (QED) is 0.885. The van der Waals surface area contributed by atoms with Crippen LogP contribution in [0, 0.1) is 0 Å². The average molecular weight is 304 g/mol. The zero-order chi connectivity index (χ0) is 15.8. The second-order valence-electron chi connectivity index (χ2n) is 4.24. The summed E-state index contributed by atoms with van der Waals surface area (Å²) in [6.07, 6.45) is -4.79. The van der Waals surface area contributed by atoms with E-state index in [1.165, 1.54) is 24.2 Å². The molecule has 1 aromatic rings. The summed E-state index contributed by atoms with van der Waals surface area (Å²) in [6.45, 7) is 0. The molecule has 1 unspecified atom stereocenters. The third-order valence-electron chi connectivity index (χ3n) is 2.80. The summed E-state index contributed by atoms with van der Waals surface area (Å²) in [6, 6.07) is 3.98. The maximum atomic E-state index is 12.1. The van der Waals surface area contributed by atoms with E-state index in [-0.39, 0.29) is 11.5 Å². The fourth-order valence-electron chi connectivity index (χ4n) is 2.02. The van der Waals surface area contributed by atoms with E-state index in [0.29, 0.717) is 5.56 Å². The molecule has 9 heteroatoms. The molecule has 0 aromatic heterocycles. The number of rotatable bonds is 3. The SMILES string of the molecule is CN1OC(N)=C(C(=O)O)C1c1ccc(OC(F)(F)F)cc1. The van der Waals surface area contributed by atoms with Gasteiger partial charge in [-0.1, -0.05) is 12.1 Å². The number of aliphatic carboxylic acids is 1. The van der Waals surface area contributed by atoms with E-state index in [4.69, 9.17) is 15.7 Å². The summed E-state index contributed by atoms with van der Waals surface area (Å²) >= 11 is 0. The molecule has 0 aliphatic carbocycles. The Balaban J connectivity index is 2.28. The molecular weight excluding hydrogens is 293 g/mol. The van der Waals surface area contributed by atoms with Gasteiger partial charge in [-0.2, -0.15) is 0 Å². The number of carboxylic acids is 1. The minimum absolute atomic E-state index is 0.179. The number of nitrogens with two attached hydrogens (primary N) is 1. The monoisotopic (exact) mass is 304 g/mol. The van der Waals surface area contributed by atoms with Gasteiger partial charge in [0.1, 0.15) is 17.4 Å². The summed E-state index contributed by atoms with van der Waals surface area (Å²) in [5.41, 5.74) is 5.70. The van der Waals surface area contributed by atoms with Crippen molar-refractivity contribution in [1.82, 2.24) is 5.06 Å². The lowest BCUT2D eigenvalue weighted by Gasteiger charge is -2.19. The summed E-state index contributed by atoms with van der Waals surface area (Å²) in [5, 5.41) is 10.3. The first kappa shape index (κ1) is 15.0. The zero-order valence-electron chi connectivity index (χ0n) is 10.7. The molecule has 0 radical (unpaired) electrons. The number of nitrogens with zero attached hydrogens (tertiary/aromatic N) is 1. The van der Waals surface area contributed by atoms with Crippen molar-refractivity contribution in [3.8, 4) is 5.75 Å². The Morgan fingerprint density at radius 2 is 1.95 bits per heavy atom. The Morgan fingerprint density at radius 1 is 1.38 bits per heavy atom. The molecule has 1 atom stereocenters. The number of benzene rings is 1. The minimum atomic E-state index is -4.79. The molecular formula is C12H11F3N2O4. The van der Waals surface area contributed by atoms with E-state index < -0.39 is 24.1 Å². The number of carboxylic acid groups (broad SMARTS) is 1. The van der Waals surface area contributed by atoms with Crippen molar-refractivity contribution in [1.29, 1.82) is 0 Å². The Hall–Kier alpha value is -2.42. The predicted molar refractivity (Wildman–Crippen MR) is 63.6 cm³/mol. The molecule has 0 saturated heterocycles. The molecule has 114 valence electrons. The summed E-state index contributed by atoms with van der Waals surface area (Å²) in [7, 11) is 1.47. The molecule has 3 N–H and O–H groups in total. The highest BCUT2D eigenvalue weighted by Crippen LogP contribution is 2.36. The molecule has 1 aromatic carbocycles. The van der Waals surface area contributed by atoms with E-state index >= 15 is 0 Å². The zero-order valence-corrected chi connectivity index (χ0v) is 10.7. The second-order valence-corrected chi connectivity index (χ2v) is 4.24. The molecule has 1 aliphatic heterocycles. The predicted octanol–water partition coefficient (Wildman–Crippen LogP) is 1.76. The highest BCUT2D eigenvalue weighted by molar-refractivity contribution is 5.89. The topological polar surface area (TPSA) is 85.0 Å². The molecule has 1 aliphatic rings. The lowest BCUT2D eigenvalue weighted by Crippen LogP contribution is -2.22. The summed E-state index contributed by atoms with van der Waals surface area (Å²) < 4.78 is 40.0. The van der Waals surface area contributed by atoms with Crippen LogP contribution in [0.3, 0.4) is 0 Å². The highest BCUT2D eigenvalue weighted by Gasteiger charge is 2.37. The first-order chi connectivity index (χ1) is 9.69. The van der Waals surface area contributed by atoms with Crippen molar-refractivity contribution < 1.29 is 32.6 Å². The Bertz CT molecular complexity index is 583. The van der Waals surface area contributed by atoms with E-state index in [9.17, 15) is 18.0 Å². The van der Waals surface area contributed by atoms with E-state index in [2.05, 4.69) is 4.74 Å². The fraction of sp³-hybridized carbons (Fsp3) is 0.250. The van der Waals surface area contributed by atoms with Crippen molar-refractivity contribution in [3.63, 3.8) is 0 Å². The first-order valence-electron chi connectivity index (χ1n) is 5.68. The van der Waals surface area contributed by atoms with Gasteiger partial charge in [-0.15, -0.1) is 18.2 Å². The van der Waals surface area contributed by atoms with Gasteiger partial charge < -0.3 is 20.4 Å². The molecule has 0 saturated carbocycles. The third-order valence-corrected chi connectivity index (χ3v) is 2.80. The van der Waals surface area contributed by atoms with Crippen LogP contribution in [0.4, 0.5) is 13.2 Å². The van der Waals surface area contributed by atoms with Crippen LogP contribution in [-0.4, -0.2) is 29.5 Å². The van der Waals surface area contributed by atoms with Crippen LogP contribution in [0.15, 0.2) is 35.7 Å². The number of alkyl halides is 3. The van der Waals surface area contributed by atoms with Gasteiger partial charge in [-0.3, -0.25) is 0 Å². The number of carbonyl (C=O) groups is 1. The van der Waals surface area contributed by atoms with Gasteiger partial charge in [0.25, 0.3) is 0 Å². The number of hydroxylamine groups is 2. The summed E-state index contributed by atoms with van der Waals surface area (Å²) in [5.74, 6) is -1.93. The second kappa shape index (κ2) is 5.17. The van der Waals surface area contributed by atoms with Gasteiger partial charge in [0, 0.05) is 7.05 Å². The maximum Gasteiger partial charge on any atom is 0.573 e. The molecule has 1 heterocycles. The van der Waals surface area contributed by atoms with Crippen LogP contribution in [0.2, 0.25) is 0 Å². The number of likely N-dealkylation sites (N-methyl/N-ethyl adjacent to an activating group) is 1. The number of hydrogen-bond acceptors (Lipinski definition) is 5. The molecule has 6 nitrogen and oxygen atoms in total. The fourth-order valence-corrected chi connectivity index (χ4v) is 2.02. The largest absolute Gasteiger partial charge is 0.573 e. The molecule has 21 heavy (non-hydrogen) atoms. The third kappa shape index (κ3) is 3.19. The number of halogens is 3. The molecule has 0 amide bonds. The van der Waals surface area contributed by atoms with Crippen LogP contribution in [0.5, 0.6) is 5.75 Å². The molecule has 0 bridgehead atoms. The van der Waals surface area contributed by atoms with Gasteiger partial charge in [0.05, 0.1) is 0 Å². The Labute approximate surface area is 117 Å². The van der Waals surface area contributed by atoms with Gasteiger partial charge in [0.15, 0.2) is 0 Å². The van der Waals surface area contributed by atoms with E-state index in [1.807, 2.05) is 0 Å². The Kier molecular flexibility index (Phi) is 3.69. The standard InChI is InChI=1S/C12H11F3N2O4/c1-17-9(8(11(18)19)10(16)21-17)6-2-4-7(5-3-6)20-12(13,14)15/h2-5,9H,16H2,1H3,(H,18,19). The van der Waals surface area contributed by atoms with Crippen LogP contribution < -0.4 is 10.5 Å². The van der Waals surface area contributed by atoms with Crippen LogP contribution in [0.25, 0.3) is 0 Å². The van der Waals surface area contributed by atoms with Crippen molar-refractivity contribution in [2.45, 2.75) is 12.4 Å². The first-order valence-corrected chi connectivity index (χ1v) is 5.68. The highest BCUT2D eigenvalue weighted by atomic mass is 19.4. The van der Waals surface area contributed by atoms with Crippen LogP contribution >= 0.6 is 0 Å². The molecule has 2 rings (SSSR count). The van der Waals surface area contributed by atoms with Crippen LogP contribution in [0.1, 0.15) is 11.6 Å². The van der Waals surface area contributed by atoms with E-state index in [1.54, 1.807) is 0 Å². The average Bonchev–Trinajstić information content (AvgIpc) is 2.63. The Morgan fingerprint density at radius 3 is 2.43 bits per heavy atom. The van der Waals surface area contributed by atoms with Gasteiger partial charge >= 0.3 is 12.3 Å². The van der Waals surface area contributed by atoms with Crippen molar-refractivity contribution in [2.24, 2.45) is 5.73 Å². The van der Waals surface area contributed by atoms with Crippen molar-refractivity contribution in [2.75, 3.05) is 7.05 Å². The number of hydrogen-bond donors (Lipinski definition) is 2. The lowest BCUT2D eigenvalue weighted by atomic mass is 9.99. The van der Waals surface area contributed by atoms with Gasteiger partial charge in [0.2, 0.25) is 5.88 Å².